The molecular weight excluding hydrogens is 288 g/mol. The molecule has 1 fully saturated rings. The molecule has 0 aromatic carbocycles. The van der Waals surface area contributed by atoms with E-state index in [9.17, 15) is 4.79 Å². The average molecular weight is 313 g/mol. The summed E-state index contributed by atoms with van der Waals surface area (Å²) in [6.45, 7) is 3.88. The van der Waals surface area contributed by atoms with Gasteiger partial charge in [0.25, 0.3) is 0 Å². The zero-order valence-corrected chi connectivity index (χ0v) is 13.3. The monoisotopic (exact) mass is 312 g/mol. The summed E-state index contributed by atoms with van der Waals surface area (Å²) in [4.78, 5) is 18.5. The van der Waals surface area contributed by atoms with Gasteiger partial charge in [-0.3, -0.25) is 4.79 Å². The number of hydrogen-bond acceptors (Lipinski definition) is 4. The van der Waals surface area contributed by atoms with Crippen molar-refractivity contribution in [2.45, 2.75) is 44.7 Å². The van der Waals surface area contributed by atoms with Crippen LogP contribution in [0.15, 0.2) is 24.4 Å². The van der Waals surface area contributed by atoms with Crippen LogP contribution < -0.4 is 16.0 Å². The van der Waals surface area contributed by atoms with Crippen LogP contribution in [0, 0.1) is 0 Å². The zero-order chi connectivity index (χ0) is 14.4. The molecule has 0 aliphatic carbocycles. The Labute approximate surface area is 132 Å². The van der Waals surface area contributed by atoms with Gasteiger partial charge in [0.05, 0.1) is 6.04 Å². The van der Waals surface area contributed by atoms with Gasteiger partial charge in [-0.05, 0) is 31.4 Å². The van der Waals surface area contributed by atoms with Crippen LogP contribution in [0.5, 0.6) is 0 Å². The minimum Gasteiger partial charge on any atom is -0.356 e. The van der Waals surface area contributed by atoms with Crippen molar-refractivity contribution in [3.63, 3.8) is 0 Å². The highest BCUT2D eigenvalue weighted by Crippen LogP contribution is 2.17. The molecule has 1 amide bonds. The fourth-order valence-corrected chi connectivity index (χ4v) is 2.54. The van der Waals surface area contributed by atoms with Crippen LogP contribution >= 0.6 is 12.4 Å². The number of carbonyl (C=O) groups is 1. The molecule has 5 nitrogen and oxygen atoms in total. The van der Waals surface area contributed by atoms with E-state index in [-0.39, 0.29) is 30.4 Å². The third kappa shape index (κ3) is 5.17. The lowest BCUT2D eigenvalue weighted by atomic mass is 10.0. The third-order valence-corrected chi connectivity index (χ3v) is 3.75. The number of anilines is 1. The van der Waals surface area contributed by atoms with Gasteiger partial charge in [-0.25, -0.2) is 4.98 Å². The molecule has 0 spiro atoms. The van der Waals surface area contributed by atoms with Crippen LogP contribution in [0.2, 0.25) is 0 Å². The zero-order valence-electron chi connectivity index (χ0n) is 12.5. The third-order valence-electron chi connectivity index (χ3n) is 3.75. The quantitative estimate of drug-likeness (QED) is 0.868. The van der Waals surface area contributed by atoms with E-state index < -0.39 is 0 Å². The van der Waals surface area contributed by atoms with Crippen LogP contribution in [-0.4, -0.2) is 36.1 Å². The first-order valence-electron chi connectivity index (χ1n) is 7.42. The number of rotatable bonds is 5. The first-order chi connectivity index (χ1) is 9.70. The van der Waals surface area contributed by atoms with E-state index in [2.05, 4.69) is 15.2 Å². The standard InChI is InChI=1S/C15H24N4O.ClH/c1-2-5-13(16)15(20)18-12-7-10-19(11-8-12)14-6-3-4-9-17-14;/h3-4,6,9,12-13H,2,5,7-8,10-11,16H2,1H3,(H,18,20);1H. The van der Waals surface area contributed by atoms with E-state index in [1.54, 1.807) is 0 Å². The van der Waals surface area contributed by atoms with Crippen LogP contribution in [0.3, 0.4) is 0 Å². The lowest BCUT2D eigenvalue weighted by Gasteiger charge is -2.33. The Balaban J connectivity index is 0.00000220. The molecule has 0 radical (unpaired) electrons. The van der Waals surface area contributed by atoms with Crippen molar-refractivity contribution in [2.75, 3.05) is 18.0 Å². The SMILES string of the molecule is CCCC(N)C(=O)NC1CCN(c2ccccn2)CC1.Cl. The minimum absolute atomic E-state index is 0. The molecule has 1 saturated heterocycles. The number of halogens is 1. The van der Waals surface area contributed by atoms with Gasteiger partial charge in [0.1, 0.15) is 5.82 Å². The maximum Gasteiger partial charge on any atom is 0.237 e. The normalized spacial score (nSPS) is 17.0. The van der Waals surface area contributed by atoms with E-state index in [1.807, 2.05) is 31.3 Å². The molecular formula is C15H25ClN4O. The molecule has 2 rings (SSSR count). The van der Waals surface area contributed by atoms with Crippen molar-refractivity contribution < 1.29 is 4.79 Å². The molecule has 118 valence electrons. The first kappa shape index (κ1) is 17.7. The first-order valence-corrected chi connectivity index (χ1v) is 7.42. The predicted molar refractivity (Wildman–Crippen MR) is 87.7 cm³/mol. The minimum atomic E-state index is -0.367. The Morgan fingerprint density at radius 3 is 2.76 bits per heavy atom. The summed E-state index contributed by atoms with van der Waals surface area (Å²) in [5.74, 6) is 1.00. The van der Waals surface area contributed by atoms with Crippen LogP contribution in [0.1, 0.15) is 32.6 Å². The Morgan fingerprint density at radius 2 is 2.19 bits per heavy atom. The van der Waals surface area contributed by atoms with Crippen molar-refractivity contribution in [3.8, 4) is 0 Å². The summed E-state index contributed by atoms with van der Waals surface area (Å²) in [5, 5.41) is 3.06. The Hall–Kier alpha value is -1.33. The van der Waals surface area contributed by atoms with Gasteiger partial charge in [-0.2, -0.15) is 0 Å². The maximum atomic E-state index is 11.9. The molecule has 2 heterocycles. The van der Waals surface area contributed by atoms with Gasteiger partial charge in [0.15, 0.2) is 0 Å². The summed E-state index contributed by atoms with van der Waals surface area (Å²) in [5.41, 5.74) is 5.83. The predicted octanol–water partition coefficient (Wildman–Crippen LogP) is 1.72. The van der Waals surface area contributed by atoms with E-state index in [1.165, 1.54) is 0 Å². The van der Waals surface area contributed by atoms with E-state index >= 15 is 0 Å². The van der Waals surface area contributed by atoms with E-state index in [0.29, 0.717) is 0 Å². The van der Waals surface area contributed by atoms with Crippen molar-refractivity contribution in [3.05, 3.63) is 24.4 Å². The van der Waals surface area contributed by atoms with E-state index in [0.717, 1.165) is 44.6 Å². The molecule has 1 aromatic heterocycles. The van der Waals surface area contributed by atoms with Crippen molar-refractivity contribution in [1.29, 1.82) is 0 Å². The van der Waals surface area contributed by atoms with Gasteiger partial charge in [0.2, 0.25) is 5.91 Å². The summed E-state index contributed by atoms with van der Waals surface area (Å²) < 4.78 is 0. The van der Waals surface area contributed by atoms with Crippen LogP contribution in [0.25, 0.3) is 0 Å². The number of aromatic nitrogens is 1. The van der Waals surface area contributed by atoms with Gasteiger partial charge in [-0.1, -0.05) is 19.4 Å². The largest absolute Gasteiger partial charge is 0.356 e. The topological polar surface area (TPSA) is 71.2 Å². The second-order valence-corrected chi connectivity index (χ2v) is 5.35. The highest BCUT2D eigenvalue weighted by molar-refractivity contribution is 5.85. The second-order valence-electron chi connectivity index (χ2n) is 5.35. The molecule has 3 N–H and O–H groups in total. The average Bonchev–Trinajstić information content (AvgIpc) is 2.49. The van der Waals surface area contributed by atoms with Crippen molar-refractivity contribution in [2.24, 2.45) is 5.73 Å². The summed E-state index contributed by atoms with van der Waals surface area (Å²) >= 11 is 0. The molecule has 1 aromatic rings. The molecule has 1 aliphatic heterocycles. The summed E-state index contributed by atoms with van der Waals surface area (Å²) in [7, 11) is 0. The fraction of sp³-hybridized carbons (Fsp3) is 0.600. The summed E-state index contributed by atoms with van der Waals surface area (Å²) in [6.07, 6.45) is 5.39. The lowest BCUT2D eigenvalue weighted by molar-refractivity contribution is -0.123. The molecule has 21 heavy (non-hydrogen) atoms. The molecule has 1 unspecified atom stereocenters. The fourth-order valence-electron chi connectivity index (χ4n) is 2.54. The molecule has 6 heteroatoms. The molecule has 1 atom stereocenters. The maximum absolute atomic E-state index is 11.9. The highest BCUT2D eigenvalue weighted by atomic mass is 35.5. The van der Waals surface area contributed by atoms with Crippen molar-refractivity contribution in [1.82, 2.24) is 10.3 Å². The summed E-state index contributed by atoms with van der Waals surface area (Å²) in [6, 6.07) is 5.82. The van der Waals surface area contributed by atoms with Gasteiger partial charge < -0.3 is 16.0 Å². The van der Waals surface area contributed by atoms with Crippen molar-refractivity contribution >= 4 is 24.1 Å². The van der Waals surface area contributed by atoms with Crippen LogP contribution in [-0.2, 0) is 4.79 Å². The number of hydrogen-bond donors (Lipinski definition) is 2. The molecule has 0 saturated carbocycles. The Bertz CT molecular complexity index is 421. The van der Waals surface area contributed by atoms with E-state index in [4.69, 9.17) is 5.73 Å². The number of amides is 1. The second kappa shape index (κ2) is 8.85. The van der Waals surface area contributed by atoms with Gasteiger partial charge >= 0.3 is 0 Å². The Kier molecular flexibility index (Phi) is 7.47. The van der Waals surface area contributed by atoms with Crippen LogP contribution in [0.4, 0.5) is 5.82 Å². The number of nitrogens with one attached hydrogen (secondary N) is 1. The number of nitrogens with two attached hydrogens (primary N) is 1. The number of pyridine rings is 1. The van der Waals surface area contributed by atoms with Gasteiger partial charge in [-0.15, -0.1) is 12.4 Å². The molecule has 0 bridgehead atoms. The highest BCUT2D eigenvalue weighted by Gasteiger charge is 2.23. The number of nitrogens with zero attached hydrogens (tertiary/aromatic N) is 2. The smallest absolute Gasteiger partial charge is 0.237 e. The number of carbonyl (C=O) groups excluding carboxylic acids is 1. The van der Waals surface area contributed by atoms with Gasteiger partial charge in [0, 0.05) is 25.3 Å². The molecule has 1 aliphatic rings. The lowest BCUT2D eigenvalue weighted by Crippen LogP contribution is -2.49. The number of piperidine rings is 1. The Morgan fingerprint density at radius 1 is 1.48 bits per heavy atom.